The molecular weight excluding hydrogens is 334 g/mol. The molecule has 2 aromatic carbocycles. The zero-order valence-corrected chi connectivity index (χ0v) is 12.8. The first kappa shape index (κ1) is 14.9. The van der Waals surface area contributed by atoms with Crippen LogP contribution in [0.3, 0.4) is 0 Å². The minimum absolute atomic E-state index is 0.318. The smallest absolute Gasteiger partial charge is 0.257 e. The number of anilines is 2. The minimum Gasteiger partial charge on any atom is -0.495 e. The molecule has 0 aliphatic carbocycles. The third kappa shape index (κ3) is 3.15. The number of carbonyl (C=O) groups is 1. The molecule has 0 saturated carbocycles. The maximum Gasteiger partial charge on any atom is 0.257 e. The van der Waals surface area contributed by atoms with Crippen LogP contribution >= 0.6 is 15.9 Å². The van der Waals surface area contributed by atoms with Gasteiger partial charge in [0.1, 0.15) is 17.5 Å². The second kappa shape index (κ2) is 6.29. The number of benzene rings is 2. The van der Waals surface area contributed by atoms with Crippen molar-refractivity contribution in [2.24, 2.45) is 0 Å². The molecule has 21 heavy (non-hydrogen) atoms. The highest BCUT2D eigenvalue weighted by atomic mass is 79.9. The Morgan fingerprint density at radius 1 is 1.38 bits per heavy atom. The average Bonchev–Trinajstić information content (AvgIpc) is 2.47. The van der Waals surface area contributed by atoms with Gasteiger partial charge in [-0.25, -0.2) is 0 Å². The summed E-state index contributed by atoms with van der Waals surface area (Å²) in [6.45, 7) is 0. The highest BCUT2D eigenvalue weighted by molar-refractivity contribution is 9.10. The Bertz CT molecular complexity index is 738. The Hall–Kier alpha value is -2.52. The predicted molar refractivity (Wildman–Crippen MR) is 84.2 cm³/mol. The van der Waals surface area contributed by atoms with Crippen LogP contribution in [0.15, 0.2) is 40.9 Å². The fourth-order valence-electron chi connectivity index (χ4n) is 1.84. The fourth-order valence-corrected chi connectivity index (χ4v) is 2.22. The van der Waals surface area contributed by atoms with Gasteiger partial charge >= 0.3 is 0 Å². The summed E-state index contributed by atoms with van der Waals surface area (Å²) in [5, 5.41) is 11.8. The molecule has 0 heterocycles. The van der Waals surface area contributed by atoms with Gasteiger partial charge < -0.3 is 15.8 Å². The summed E-state index contributed by atoms with van der Waals surface area (Å²) in [5.41, 5.74) is 7.15. The maximum absolute atomic E-state index is 12.3. The van der Waals surface area contributed by atoms with Gasteiger partial charge in [-0.1, -0.05) is 22.0 Å². The molecule has 2 rings (SSSR count). The molecule has 0 unspecified atom stereocenters. The van der Waals surface area contributed by atoms with Crippen molar-refractivity contribution in [1.29, 1.82) is 5.26 Å². The molecule has 5 nitrogen and oxygen atoms in total. The van der Waals surface area contributed by atoms with Gasteiger partial charge in [0.25, 0.3) is 5.91 Å². The largest absolute Gasteiger partial charge is 0.495 e. The average molecular weight is 346 g/mol. The SMILES string of the molecule is COc1cccc(C#N)c1NC(=O)c1ccc(Br)cc1N. The van der Waals surface area contributed by atoms with Gasteiger partial charge in [-0.2, -0.15) is 5.26 Å². The van der Waals surface area contributed by atoms with Gasteiger partial charge in [0.15, 0.2) is 0 Å². The van der Waals surface area contributed by atoms with Gasteiger partial charge in [0.05, 0.1) is 18.2 Å². The molecule has 0 spiro atoms. The highest BCUT2D eigenvalue weighted by Gasteiger charge is 2.15. The molecular formula is C15H12BrN3O2. The fraction of sp³-hybridized carbons (Fsp3) is 0.0667. The molecule has 0 aliphatic heterocycles. The first-order valence-electron chi connectivity index (χ1n) is 6.00. The van der Waals surface area contributed by atoms with Crippen molar-refractivity contribution in [3.63, 3.8) is 0 Å². The summed E-state index contributed by atoms with van der Waals surface area (Å²) in [6.07, 6.45) is 0. The second-order valence-electron chi connectivity index (χ2n) is 4.18. The Kier molecular flexibility index (Phi) is 4.45. The van der Waals surface area contributed by atoms with E-state index in [1.807, 2.05) is 6.07 Å². The maximum atomic E-state index is 12.3. The molecule has 2 aromatic rings. The topological polar surface area (TPSA) is 88.1 Å². The third-order valence-corrected chi connectivity index (χ3v) is 3.36. The number of para-hydroxylation sites is 1. The number of hydrogen-bond donors (Lipinski definition) is 2. The molecule has 106 valence electrons. The van der Waals surface area contributed by atoms with Crippen LogP contribution in [0.1, 0.15) is 15.9 Å². The zero-order valence-electron chi connectivity index (χ0n) is 11.2. The lowest BCUT2D eigenvalue weighted by molar-refractivity contribution is 0.102. The lowest BCUT2D eigenvalue weighted by Gasteiger charge is -2.12. The van der Waals surface area contributed by atoms with E-state index >= 15 is 0 Å². The standard InChI is InChI=1S/C15H12BrN3O2/c1-21-13-4-2-3-9(8-17)14(13)19-15(20)11-6-5-10(16)7-12(11)18/h2-7H,18H2,1H3,(H,19,20). The summed E-state index contributed by atoms with van der Waals surface area (Å²) in [5.74, 6) is 0.0130. The van der Waals surface area contributed by atoms with E-state index < -0.39 is 5.91 Å². The summed E-state index contributed by atoms with van der Waals surface area (Å²) in [6, 6.07) is 11.9. The third-order valence-electron chi connectivity index (χ3n) is 2.86. The van der Waals surface area contributed by atoms with Gasteiger partial charge in [-0.3, -0.25) is 4.79 Å². The van der Waals surface area contributed by atoms with Gasteiger partial charge in [-0.05, 0) is 30.3 Å². The number of nitrogens with zero attached hydrogens (tertiary/aromatic N) is 1. The van der Waals surface area contributed by atoms with Crippen LogP contribution in [0.5, 0.6) is 5.75 Å². The number of nitrogens with one attached hydrogen (secondary N) is 1. The number of amides is 1. The summed E-state index contributed by atoms with van der Waals surface area (Å²) in [7, 11) is 1.47. The molecule has 0 fully saturated rings. The van der Waals surface area contributed by atoms with E-state index in [2.05, 4.69) is 21.2 Å². The van der Waals surface area contributed by atoms with E-state index in [0.29, 0.717) is 28.3 Å². The molecule has 3 N–H and O–H groups in total. The summed E-state index contributed by atoms with van der Waals surface area (Å²) >= 11 is 3.28. The monoisotopic (exact) mass is 345 g/mol. The van der Waals surface area contributed by atoms with Gasteiger partial charge in [0.2, 0.25) is 0 Å². The van der Waals surface area contributed by atoms with Crippen molar-refractivity contribution < 1.29 is 9.53 Å². The van der Waals surface area contributed by atoms with Crippen LogP contribution in [0, 0.1) is 11.3 Å². The quantitative estimate of drug-likeness (QED) is 0.836. The van der Waals surface area contributed by atoms with E-state index in [9.17, 15) is 4.79 Å². The molecule has 0 saturated heterocycles. The normalized spacial score (nSPS) is 9.76. The van der Waals surface area contributed by atoms with Crippen LogP contribution in [0.25, 0.3) is 0 Å². The summed E-state index contributed by atoms with van der Waals surface area (Å²) in [4.78, 5) is 12.3. The minimum atomic E-state index is -0.402. The van der Waals surface area contributed by atoms with Gasteiger partial charge in [0, 0.05) is 10.2 Å². The molecule has 1 amide bonds. The van der Waals surface area contributed by atoms with Crippen LogP contribution in [-0.2, 0) is 0 Å². The predicted octanol–water partition coefficient (Wildman–Crippen LogP) is 3.16. The van der Waals surface area contributed by atoms with E-state index in [0.717, 1.165) is 4.47 Å². The summed E-state index contributed by atoms with van der Waals surface area (Å²) < 4.78 is 5.95. The van der Waals surface area contributed by atoms with E-state index in [4.69, 9.17) is 15.7 Å². The number of hydrogen-bond acceptors (Lipinski definition) is 4. The molecule has 0 aliphatic rings. The van der Waals surface area contributed by atoms with E-state index in [1.165, 1.54) is 7.11 Å². The van der Waals surface area contributed by atoms with Crippen LogP contribution in [0.4, 0.5) is 11.4 Å². The number of ether oxygens (including phenoxy) is 1. The van der Waals surface area contributed by atoms with Crippen molar-refractivity contribution in [1.82, 2.24) is 0 Å². The van der Waals surface area contributed by atoms with Crippen molar-refractivity contribution in [3.05, 3.63) is 52.0 Å². The highest BCUT2D eigenvalue weighted by Crippen LogP contribution is 2.29. The number of halogens is 1. The molecule has 0 bridgehead atoms. The Morgan fingerprint density at radius 2 is 2.14 bits per heavy atom. The number of nitrogens with two attached hydrogens (primary N) is 1. The van der Waals surface area contributed by atoms with Crippen LogP contribution in [0.2, 0.25) is 0 Å². The van der Waals surface area contributed by atoms with Gasteiger partial charge in [-0.15, -0.1) is 0 Å². The lowest BCUT2D eigenvalue weighted by Crippen LogP contribution is -2.15. The van der Waals surface area contributed by atoms with E-state index in [1.54, 1.807) is 36.4 Å². The van der Waals surface area contributed by atoms with Crippen LogP contribution in [-0.4, -0.2) is 13.0 Å². The van der Waals surface area contributed by atoms with E-state index in [-0.39, 0.29) is 0 Å². The first-order chi connectivity index (χ1) is 10.1. The molecule has 0 aromatic heterocycles. The number of rotatable bonds is 3. The first-order valence-corrected chi connectivity index (χ1v) is 6.79. The van der Waals surface area contributed by atoms with Crippen molar-refractivity contribution in [2.45, 2.75) is 0 Å². The lowest BCUT2D eigenvalue weighted by atomic mass is 10.1. The Morgan fingerprint density at radius 3 is 2.76 bits per heavy atom. The van der Waals surface area contributed by atoms with Crippen molar-refractivity contribution in [2.75, 3.05) is 18.2 Å². The van der Waals surface area contributed by atoms with Crippen molar-refractivity contribution in [3.8, 4) is 11.8 Å². The van der Waals surface area contributed by atoms with Crippen molar-refractivity contribution >= 4 is 33.2 Å². The second-order valence-corrected chi connectivity index (χ2v) is 5.10. The molecule has 0 atom stereocenters. The number of carbonyl (C=O) groups excluding carboxylic acids is 1. The molecule has 6 heteroatoms. The number of nitriles is 1. The molecule has 0 radical (unpaired) electrons. The number of nitrogen functional groups attached to an aromatic ring is 1. The number of methoxy groups -OCH3 is 1. The van der Waals surface area contributed by atoms with Crippen LogP contribution < -0.4 is 15.8 Å². The zero-order chi connectivity index (χ0) is 15.4. The Balaban J connectivity index is 2.38. The Labute approximate surface area is 130 Å².